The van der Waals surface area contributed by atoms with Crippen LogP contribution in [0.1, 0.15) is 20.7 Å². The third kappa shape index (κ3) is 4.19. The van der Waals surface area contributed by atoms with Gasteiger partial charge in [-0.3, -0.25) is 0 Å². The Balaban J connectivity index is 1.70. The van der Waals surface area contributed by atoms with Gasteiger partial charge in [-0.05, 0) is 12.5 Å². The molecule has 3 rings (SSSR count). The molecule has 23 heavy (non-hydrogen) atoms. The summed E-state index contributed by atoms with van der Waals surface area (Å²) in [4.78, 5) is 20.2. The molecule has 8 heteroatoms. The Hall–Kier alpha value is -1.25. The lowest BCUT2D eigenvalue weighted by Gasteiger charge is -2.08. The molecule has 1 aromatic heterocycles. The first-order valence-electron chi connectivity index (χ1n) is 7.20. The summed E-state index contributed by atoms with van der Waals surface area (Å²) in [6.45, 7) is 2.01. The Bertz CT molecular complexity index is 682. The molecular weight excluding hydrogens is 352 g/mol. The molecule has 0 N–H and O–H groups in total. The van der Waals surface area contributed by atoms with Crippen LogP contribution in [0.25, 0.3) is 10.6 Å². The van der Waals surface area contributed by atoms with Gasteiger partial charge in [-0.15, -0.1) is 45.0 Å². The lowest BCUT2D eigenvalue weighted by atomic mass is 10.1. The molecule has 1 aliphatic heterocycles. The topological polar surface area (TPSA) is 65.3 Å². The fourth-order valence-electron chi connectivity index (χ4n) is 2.33. The van der Waals surface area contributed by atoms with E-state index >= 15 is 0 Å². The Labute approximate surface area is 146 Å². The van der Waals surface area contributed by atoms with E-state index in [-0.39, 0.29) is 6.61 Å². The smallest absolute Gasteiger partial charge is 0.294 e. The van der Waals surface area contributed by atoms with E-state index in [1.165, 1.54) is 17.1 Å². The Morgan fingerprint density at radius 1 is 1.30 bits per heavy atom. The summed E-state index contributed by atoms with van der Waals surface area (Å²) in [6, 6.07) is 8.59. The zero-order valence-corrected chi connectivity index (χ0v) is 15.0. The summed E-state index contributed by atoms with van der Waals surface area (Å²) in [5.74, 6) is 2.44. The molecule has 2 aromatic rings. The second kappa shape index (κ2) is 7.55. The van der Waals surface area contributed by atoms with Gasteiger partial charge in [-0.1, -0.05) is 24.3 Å². The summed E-state index contributed by atoms with van der Waals surface area (Å²) >= 11 is 5.57. The first-order chi connectivity index (χ1) is 11.1. The molecule has 0 aliphatic carbocycles. The number of thiazole rings is 1. The monoisotopic (exact) mass is 368 g/mol. The molecular formula is C15H16N2O3S3. The van der Waals surface area contributed by atoms with Crippen LogP contribution in [0.2, 0.25) is 0 Å². The van der Waals surface area contributed by atoms with Gasteiger partial charge in [0.2, 0.25) is 0 Å². The average Bonchev–Trinajstić information content (AvgIpc) is 3.18. The predicted octanol–water partition coefficient (Wildman–Crippen LogP) is 4.35. The van der Waals surface area contributed by atoms with Crippen LogP contribution in [-0.2, 0) is 11.3 Å². The third-order valence-electron chi connectivity index (χ3n) is 3.47. The number of hydrogen-bond donors (Lipinski definition) is 0. The molecule has 5 nitrogen and oxygen atoms in total. The van der Waals surface area contributed by atoms with E-state index in [0.717, 1.165) is 21.1 Å². The molecule has 0 amide bonds. The van der Waals surface area contributed by atoms with Crippen LogP contribution in [0.5, 0.6) is 0 Å². The molecule has 0 radical (unpaired) electrons. The summed E-state index contributed by atoms with van der Waals surface area (Å²) in [5, 5.41) is 10.4. The second-order valence-corrected chi connectivity index (χ2v) is 8.84. The second-order valence-electron chi connectivity index (χ2n) is 5.03. The van der Waals surface area contributed by atoms with Crippen molar-refractivity contribution in [3.8, 4) is 10.6 Å². The summed E-state index contributed by atoms with van der Waals surface area (Å²) in [5.41, 5.74) is 3.37. The van der Waals surface area contributed by atoms with Crippen molar-refractivity contribution in [1.29, 1.82) is 0 Å². The SMILES string of the molecule is Cc1nc(-c2ccc(C3SCCS3)cc2)sc1CCO[N+](=O)[O-]. The zero-order chi connectivity index (χ0) is 16.2. The molecule has 1 fully saturated rings. The lowest BCUT2D eigenvalue weighted by molar-refractivity contribution is -0.757. The average molecular weight is 369 g/mol. The Morgan fingerprint density at radius 2 is 2.00 bits per heavy atom. The minimum atomic E-state index is -0.755. The number of aromatic nitrogens is 1. The van der Waals surface area contributed by atoms with Crippen molar-refractivity contribution in [3.63, 3.8) is 0 Å². The van der Waals surface area contributed by atoms with Crippen LogP contribution in [0, 0.1) is 17.0 Å². The molecule has 1 aromatic carbocycles. The molecule has 1 aliphatic rings. The summed E-state index contributed by atoms with van der Waals surface area (Å²) in [7, 11) is 0. The van der Waals surface area contributed by atoms with Crippen LogP contribution in [-0.4, -0.2) is 28.2 Å². The van der Waals surface area contributed by atoms with Gasteiger partial charge in [0.25, 0.3) is 5.09 Å². The maximum atomic E-state index is 10.2. The third-order valence-corrected chi connectivity index (χ3v) is 7.84. The van der Waals surface area contributed by atoms with E-state index in [0.29, 0.717) is 11.0 Å². The van der Waals surface area contributed by atoms with Crippen molar-refractivity contribution in [2.45, 2.75) is 17.9 Å². The molecule has 0 spiro atoms. The first kappa shape index (κ1) is 16.6. The fraction of sp³-hybridized carbons (Fsp3) is 0.400. The maximum absolute atomic E-state index is 10.2. The van der Waals surface area contributed by atoms with Gasteiger partial charge >= 0.3 is 0 Å². The zero-order valence-electron chi connectivity index (χ0n) is 12.6. The molecule has 2 heterocycles. The number of thioether (sulfide) groups is 2. The predicted molar refractivity (Wildman–Crippen MR) is 96.6 cm³/mol. The maximum Gasteiger partial charge on any atom is 0.294 e. The molecule has 122 valence electrons. The number of rotatable bonds is 6. The van der Waals surface area contributed by atoms with Crippen molar-refractivity contribution in [2.75, 3.05) is 18.1 Å². The van der Waals surface area contributed by atoms with Crippen LogP contribution in [0.15, 0.2) is 24.3 Å². The van der Waals surface area contributed by atoms with Gasteiger partial charge in [0.15, 0.2) is 0 Å². The van der Waals surface area contributed by atoms with Crippen LogP contribution in [0.3, 0.4) is 0 Å². The van der Waals surface area contributed by atoms with E-state index in [2.05, 4.69) is 34.1 Å². The van der Waals surface area contributed by atoms with Gasteiger partial charge in [0, 0.05) is 28.4 Å². The standard InChI is InChI=1S/C15H16N2O3S3/c1-10-13(6-7-20-17(18)19)23-14(16-10)11-2-4-12(5-3-11)15-21-8-9-22-15/h2-5,15H,6-9H2,1H3. The van der Waals surface area contributed by atoms with Gasteiger partial charge < -0.3 is 4.84 Å². The fourth-order valence-corrected chi connectivity index (χ4v) is 6.24. The number of benzene rings is 1. The highest BCUT2D eigenvalue weighted by Crippen LogP contribution is 2.45. The van der Waals surface area contributed by atoms with Gasteiger partial charge in [-0.25, -0.2) is 4.98 Å². The minimum Gasteiger partial charge on any atom is -0.314 e. The Morgan fingerprint density at radius 3 is 2.65 bits per heavy atom. The van der Waals surface area contributed by atoms with Crippen molar-refractivity contribution < 1.29 is 9.92 Å². The van der Waals surface area contributed by atoms with Crippen molar-refractivity contribution in [1.82, 2.24) is 4.98 Å². The van der Waals surface area contributed by atoms with Crippen LogP contribution >= 0.6 is 34.9 Å². The lowest BCUT2D eigenvalue weighted by Crippen LogP contribution is -2.04. The summed E-state index contributed by atoms with van der Waals surface area (Å²) in [6.07, 6.45) is 0.512. The van der Waals surface area contributed by atoms with Crippen LogP contribution in [0.4, 0.5) is 0 Å². The quantitative estimate of drug-likeness (QED) is 0.558. The number of nitrogens with zero attached hydrogens (tertiary/aromatic N) is 2. The normalized spacial score (nSPS) is 15.0. The van der Waals surface area contributed by atoms with Gasteiger partial charge in [-0.2, -0.15) is 0 Å². The van der Waals surface area contributed by atoms with Gasteiger partial charge in [0.1, 0.15) is 11.6 Å². The Kier molecular flexibility index (Phi) is 5.45. The highest BCUT2D eigenvalue weighted by atomic mass is 32.2. The number of hydrogen-bond acceptors (Lipinski definition) is 7. The molecule has 0 saturated carbocycles. The first-order valence-corrected chi connectivity index (χ1v) is 10.1. The molecule has 0 bridgehead atoms. The van der Waals surface area contributed by atoms with E-state index in [1.54, 1.807) is 11.3 Å². The van der Waals surface area contributed by atoms with Crippen molar-refractivity contribution in [2.24, 2.45) is 0 Å². The van der Waals surface area contributed by atoms with E-state index in [1.807, 2.05) is 30.4 Å². The van der Waals surface area contributed by atoms with Crippen molar-refractivity contribution >= 4 is 34.9 Å². The van der Waals surface area contributed by atoms with Gasteiger partial charge in [0.05, 0.1) is 10.3 Å². The van der Waals surface area contributed by atoms with E-state index in [4.69, 9.17) is 0 Å². The highest BCUT2D eigenvalue weighted by molar-refractivity contribution is 8.19. The molecule has 1 saturated heterocycles. The largest absolute Gasteiger partial charge is 0.314 e. The van der Waals surface area contributed by atoms with E-state index in [9.17, 15) is 10.1 Å². The molecule has 0 unspecified atom stereocenters. The van der Waals surface area contributed by atoms with Crippen molar-refractivity contribution in [3.05, 3.63) is 50.5 Å². The summed E-state index contributed by atoms with van der Waals surface area (Å²) < 4.78 is 0.553. The van der Waals surface area contributed by atoms with Crippen LogP contribution < -0.4 is 0 Å². The highest BCUT2D eigenvalue weighted by Gasteiger charge is 2.18. The van der Waals surface area contributed by atoms with E-state index < -0.39 is 5.09 Å². The molecule has 0 atom stereocenters. The minimum absolute atomic E-state index is 0.0739. The number of aryl methyl sites for hydroxylation is 1.